The van der Waals surface area contributed by atoms with Crippen LogP contribution >= 0.6 is 0 Å². The highest BCUT2D eigenvalue weighted by Crippen LogP contribution is 2.12. The quantitative estimate of drug-likeness (QED) is 0.891. The number of nitrogens with zero attached hydrogens (tertiary/aromatic N) is 2. The van der Waals surface area contributed by atoms with Crippen LogP contribution in [0.1, 0.15) is 38.9 Å². The Morgan fingerprint density at radius 3 is 2.52 bits per heavy atom. The highest BCUT2D eigenvalue weighted by Gasteiger charge is 2.10. The van der Waals surface area contributed by atoms with E-state index in [0.717, 1.165) is 38.2 Å². The van der Waals surface area contributed by atoms with Gasteiger partial charge in [-0.2, -0.15) is 0 Å². The van der Waals surface area contributed by atoms with Gasteiger partial charge < -0.3 is 10.6 Å². The summed E-state index contributed by atoms with van der Waals surface area (Å²) in [7, 11) is 0. The van der Waals surface area contributed by atoms with Crippen molar-refractivity contribution in [2.75, 3.05) is 26.2 Å². The molecule has 0 radical (unpaired) electrons. The van der Waals surface area contributed by atoms with Crippen molar-refractivity contribution in [2.24, 2.45) is 0 Å². The van der Waals surface area contributed by atoms with Crippen LogP contribution in [0.15, 0.2) is 23.0 Å². The Bertz CT molecular complexity index is 710. The normalized spacial score (nSPS) is 14.7. The first-order chi connectivity index (χ1) is 12.2. The number of hydrogen-bond acceptors (Lipinski definition) is 4. The first-order valence-corrected chi connectivity index (χ1v) is 9.27. The summed E-state index contributed by atoms with van der Waals surface area (Å²) in [6.45, 7) is 9.23. The van der Waals surface area contributed by atoms with Gasteiger partial charge in [0.2, 0.25) is 0 Å². The van der Waals surface area contributed by atoms with E-state index in [1.165, 1.54) is 31.6 Å². The van der Waals surface area contributed by atoms with Crippen LogP contribution in [0.3, 0.4) is 0 Å². The van der Waals surface area contributed by atoms with Gasteiger partial charge >= 0.3 is 0 Å². The van der Waals surface area contributed by atoms with Crippen LogP contribution in [0, 0.1) is 5.82 Å². The van der Waals surface area contributed by atoms with E-state index >= 15 is 0 Å². The standard InChI is InChI=1S/C14H17FN2O.C5H12N2/c1-3-5-6-13-16-12-8-7-10(15)9-11(12)14(18)17(13)4-2;1-2-6-4-5-7-3-1/h7-9H,3-6H2,1-2H3;6-7H,1-5H2. The van der Waals surface area contributed by atoms with Gasteiger partial charge in [-0.3, -0.25) is 9.36 Å². The fourth-order valence-electron chi connectivity index (χ4n) is 2.86. The number of benzene rings is 1. The minimum absolute atomic E-state index is 0.145. The molecule has 1 saturated heterocycles. The summed E-state index contributed by atoms with van der Waals surface area (Å²) in [6, 6.07) is 4.18. The molecule has 0 bridgehead atoms. The highest BCUT2D eigenvalue weighted by molar-refractivity contribution is 5.77. The van der Waals surface area contributed by atoms with Crippen molar-refractivity contribution in [3.63, 3.8) is 0 Å². The van der Waals surface area contributed by atoms with Gasteiger partial charge in [-0.05, 0) is 51.1 Å². The highest BCUT2D eigenvalue weighted by atomic mass is 19.1. The molecule has 6 heteroatoms. The summed E-state index contributed by atoms with van der Waals surface area (Å²) >= 11 is 0. The maximum absolute atomic E-state index is 13.2. The predicted molar refractivity (Wildman–Crippen MR) is 101 cm³/mol. The second-order valence-corrected chi connectivity index (χ2v) is 6.20. The van der Waals surface area contributed by atoms with Gasteiger partial charge in [-0.1, -0.05) is 13.3 Å². The third kappa shape index (κ3) is 5.61. The Labute approximate surface area is 148 Å². The summed E-state index contributed by atoms with van der Waals surface area (Å²) in [6.07, 6.45) is 4.12. The molecular weight excluding hydrogens is 319 g/mol. The molecule has 0 aliphatic carbocycles. The zero-order valence-corrected chi connectivity index (χ0v) is 15.3. The molecule has 2 heterocycles. The summed E-state index contributed by atoms with van der Waals surface area (Å²) in [5, 5.41) is 6.93. The fourth-order valence-corrected chi connectivity index (χ4v) is 2.86. The monoisotopic (exact) mass is 348 g/mol. The molecule has 1 fully saturated rings. The van der Waals surface area contributed by atoms with Crippen molar-refractivity contribution in [3.8, 4) is 0 Å². The van der Waals surface area contributed by atoms with E-state index in [-0.39, 0.29) is 5.56 Å². The van der Waals surface area contributed by atoms with Crippen molar-refractivity contribution in [1.29, 1.82) is 0 Å². The molecule has 0 atom stereocenters. The average molecular weight is 348 g/mol. The molecule has 1 aliphatic heterocycles. The fraction of sp³-hybridized carbons (Fsp3) is 0.579. The van der Waals surface area contributed by atoms with E-state index in [9.17, 15) is 9.18 Å². The zero-order chi connectivity index (χ0) is 18.1. The molecule has 1 aliphatic rings. The van der Waals surface area contributed by atoms with E-state index in [1.54, 1.807) is 10.6 Å². The smallest absolute Gasteiger partial charge is 0.261 e. The van der Waals surface area contributed by atoms with Crippen molar-refractivity contribution in [3.05, 3.63) is 40.2 Å². The first-order valence-electron chi connectivity index (χ1n) is 9.27. The van der Waals surface area contributed by atoms with E-state index in [2.05, 4.69) is 22.5 Å². The molecule has 1 aromatic heterocycles. The average Bonchev–Trinajstić information content (AvgIpc) is 2.94. The minimum Gasteiger partial charge on any atom is -0.315 e. The number of fused-ring (bicyclic) bond motifs is 1. The number of hydrogen-bond donors (Lipinski definition) is 2. The van der Waals surface area contributed by atoms with Crippen LogP contribution in [0.25, 0.3) is 10.9 Å². The summed E-state index contributed by atoms with van der Waals surface area (Å²) in [4.78, 5) is 16.7. The second-order valence-electron chi connectivity index (χ2n) is 6.20. The van der Waals surface area contributed by atoms with Gasteiger partial charge in [0.15, 0.2) is 0 Å². The van der Waals surface area contributed by atoms with E-state index < -0.39 is 5.82 Å². The molecule has 1 aromatic carbocycles. The Morgan fingerprint density at radius 2 is 1.88 bits per heavy atom. The first kappa shape index (κ1) is 19.5. The molecule has 0 spiro atoms. The topological polar surface area (TPSA) is 59.0 Å². The molecule has 138 valence electrons. The lowest BCUT2D eigenvalue weighted by Crippen LogP contribution is -2.24. The molecule has 0 amide bonds. The van der Waals surface area contributed by atoms with Crippen molar-refractivity contribution in [2.45, 2.75) is 46.1 Å². The maximum Gasteiger partial charge on any atom is 0.261 e. The van der Waals surface area contributed by atoms with E-state index in [1.807, 2.05) is 6.92 Å². The molecule has 0 saturated carbocycles. The Kier molecular flexibility index (Phi) is 8.01. The molecule has 25 heavy (non-hydrogen) atoms. The second kappa shape index (κ2) is 10.3. The van der Waals surface area contributed by atoms with Crippen LogP contribution in [-0.2, 0) is 13.0 Å². The van der Waals surface area contributed by atoms with Crippen LogP contribution in [0.2, 0.25) is 0 Å². The van der Waals surface area contributed by atoms with Crippen LogP contribution in [-0.4, -0.2) is 35.7 Å². The minimum atomic E-state index is -0.398. The Morgan fingerprint density at radius 1 is 1.16 bits per heavy atom. The number of halogens is 1. The van der Waals surface area contributed by atoms with Gasteiger partial charge in [0.05, 0.1) is 10.9 Å². The molecule has 5 nitrogen and oxygen atoms in total. The lowest BCUT2D eigenvalue weighted by atomic mass is 10.2. The maximum atomic E-state index is 13.2. The number of aromatic nitrogens is 2. The van der Waals surface area contributed by atoms with Crippen LogP contribution in [0.4, 0.5) is 4.39 Å². The van der Waals surface area contributed by atoms with Gasteiger partial charge in [0, 0.05) is 26.1 Å². The zero-order valence-electron chi connectivity index (χ0n) is 15.3. The molecule has 3 rings (SSSR count). The Balaban J connectivity index is 0.000000269. The van der Waals surface area contributed by atoms with Crippen molar-refractivity contribution >= 4 is 10.9 Å². The third-order valence-corrected chi connectivity index (χ3v) is 4.25. The van der Waals surface area contributed by atoms with Crippen molar-refractivity contribution in [1.82, 2.24) is 20.2 Å². The van der Waals surface area contributed by atoms with Gasteiger partial charge in [0.25, 0.3) is 5.56 Å². The molecule has 2 N–H and O–H groups in total. The predicted octanol–water partition coefficient (Wildman–Crippen LogP) is 2.47. The largest absolute Gasteiger partial charge is 0.315 e. The Hall–Kier alpha value is -1.79. The molecule has 2 aromatic rings. The summed E-state index contributed by atoms with van der Waals surface area (Å²) < 4.78 is 14.8. The van der Waals surface area contributed by atoms with E-state index in [0.29, 0.717) is 17.4 Å². The van der Waals surface area contributed by atoms with Gasteiger partial charge in [-0.15, -0.1) is 0 Å². The number of aryl methyl sites for hydroxylation is 1. The van der Waals surface area contributed by atoms with Gasteiger partial charge in [0.1, 0.15) is 11.6 Å². The lowest BCUT2D eigenvalue weighted by Gasteiger charge is -2.11. The summed E-state index contributed by atoms with van der Waals surface area (Å²) in [5.41, 5.74) is 0.435. The lowest BCUT2D eigenvalue weighted by molar-refractivity contribution is 0.621. The summed E-state index contributed by atoms with van der Waals surface area (Å²) in [5.74, 6) is 0.397. The molecular formula is C19H29FN4O. The number of unbranched alkanes of at least 4 members (excludes halogenated alkanes) is 1. The van der Waals surface area contributed by atoms with E-state index in [4.69, 9.17) is 0 Å². The van der Waals surface area contributed by atoms with Crippen molar-refractivity contribution < 1.29 is 4.39 Å². The van der Waals surface area contributed by atoms with Crippen LogP contribution in [0.5, 0.6) is 0 Å². The SMILES string of the molecule is C1CNCCNC1.CCCCc1nc2ccc(F)cc2c(=O)n1CC. The molecule has 0 unspecified atom stereocenters. The number of nitrogens with one attached hydrogen (secondary N) is 2. The van der Waals surface area contributed by atoms with Gasteiger partial charge in [-0.25, -0.2) is 9.37 Å². The third-order valence-electron chi connectivity index (χ3n) is 4.25. The van der Waals surface area contributed by atoms with Crippen LogP contribution < -0.4 is 16.2 Å². The number of rotatable bonds is 4.